The summed E-state index contributed by atoms with van der Waals surface area (Å²) in [6, 6.07) is 13.6. The molecular formula is C24H30BNO5S. The van der Waals surface area contributed by atoms with Crippen molar-refractivity contribution in [3.63, 3.8) is 0 Å². The second-order valence-corrected chi connectivity index (χ2v) is 11.6. The predicted octanol–water partition coefficient (Wildman–Crippen LogP) is 3.20. The molecule has 0 spiro atoms. The first-order valence-electron chi connectivity index (χ1n) is 11.1. The Balaban J connectivity index is 1.44. The first kappa shape index (κ1) is 23.0. The Morgan fingerprint density at radius 2 is 1.44 bits per heavy atom. The summed E-state index contributed by atoms with van der Waals surface area (Å²) >= 11 is 0. The van der Waals surface area contributed by atoms with E-state index in [0.29, 0.717) is 11.1 Å². The van der Waals surface area contributed by atoms with Crippen molar-refractivity contribution in [3.05, 3.63) is 59.7 Å². The van der Waals surface area contributed by atoms with Gasteiger partial charge in [0.25, 0.3) is 5.91 Å². The van der Waals surface area contributed by atoms with Gasteiger partial charge in [-0.3, -0.25) is 4.79 Å². The maximum Gasteiger partial charge on any atom is 0.494 e. The Hall–Kier alpha value is -2.16. The summed E-state index contributed by atoms with van der Waals surface area (Å²) in [6.45, 7) is 9.50. The fourth-order valence-corrected chi connectivity index (χ4v) is 5.31. The van der Waals surface area contributed by atoms with E-state index in [9.17, 15) is 13.2 Å². The van der Waals surface area contributed by atoms with Gasteiger partial charge in [0.1, 0.15) is 0 Å². The van der Waals surface area contributed by atoms with Crippen LogP contribution in [0.25, 0.3) is 0 Å². The highest BCUT2D eigenvalue weighted by molar-refractivity contribution is 7.90. The molecule has 0 radical (unpaired) electrons. The van der Waals surface area contributed by atoms with Crippen molar-refractivity contribution in [3.8, 4) is 0 Å². The number of carbonyl (C=O) groups is 1. The minimum Gasteiger partial charge on any atom is -0.399 e. The summed E-state index contributed by atoms with van der Waals surface area (Å²) in [6.07, 6.45) is 2.07. The molecule has 0 saturated carbocycles. The maximum atomic E-state index is 12.9. The van der Waals surface area contributed by atoms with Crippen LogP contribution in [0.4, 0.5) is 0 Å². The maximum absolute atomic E-state index is 12.9. The monoisotopic (exact) mass is 455 g/mol. The number of sulfone groups is 1. The number of rotatable bonds is 5. The molecule has 2 heterocycles. The van der Waals surface area contributed by atoms with Crippen LogP contribution in [-0.2, 0) is 24.9 Å². The van der Waals surface area contributed by atoms with Crippen molar-refractivity contribution in [1.29, 1.82) is 0 Å². The van der Waals surface area contributed by atoms with Crippen LogP contribution in [0.1, 0.15) is 56.5 Å². The zero-order valence-electron chi connectivity index (χ0n) is 19.1. The standard InChI is InChI=1S/C24H30BNO5S/c1-23(2)24(3,4)31-25(30-23)20-11-13-21(14-12-20)32(28,29)17-18-7-9-19(10-8-18)22(27)26-15-5-6-16-26/h7-14H,5-6,15-17H2,1-4H3. The number of likely N-dealkylation sites (tertiary alicyclic amines) is 1. The van der Waals surface area contributed by atoms with Crippen molar-refractivity contribution in [2.45, 2.75) is 62.4 Å². The lowest BCUT2D eigenvalue weighted by Crippen LogP contribution is -2.41. The van der Waals surface area contributed by atoms with Gasteiger partial charge in [-0.15, -0.1) is 0 Å². The Kier molecular flexibility index (Phi) is 5.99. The molecular weight excluding hydrogens is 425 g/mol. The molecule has 2 saturated heterocycles. The number of carbonyl (C=O) groups excluding carboxylic acids is 1. The fourth-order valence-electron chi connectivity index (χ4n) is 3.96. The number of benzene rings is 2. The van der Waals surface area contributed by atoms with Crippen LogP contribution in [0.3, 0.4) is 0 Å². The van der Waals surface area contributed by atoms with E-state index in [1.165, 1.54) is 0 Å². The summed E-state index contributed by atoms with van der Waals surface area (Å²) in [5.41, 5.74) is 1.13. The molecule has 8 heteroatoms. The lowest BCUT2D eigenvalue weighted by Gasteiger charge is -2.32. The highest BCUT2D eigenvalue weighted by Crippen LogP contribution is 2.36. The van der Waals surface area contributed by atoms with Crippen LogP contribution < -0.4 is 5.46 Å². The Labute approximate surface area is 191 Å². The van der Waals surface area contributed by atoms with E-state index in [0.717, 1.165) is 31.4 Å². The molecule has 2 aromatic carbocycles. The van der Waals surface area contributed by atoms with Crippen molar-refractivity contribution in [1.82, 2.24) is 4.90 Å². The van der Waals surface area contributed by atoms with Crippen molar-refractivity contribution in [2.75, 3.05) is 13.1 Å². The lowest BCUT2D eigenvalue weighted by atomic mass is 9.79. The van der Waals surface area contributed by atoms with Gasteiger partial charge in [0.2, 0.25) is 0 Å². The fraction of sp³-hybridized carbons (Fsp3) is 0.458. The van der Waals surface area contributed by atoms with E-state index >= 15 is 0 Å². The van der Waals surface area contributed by atoms with E-state index < -0.39 is 28.2 Å². The van der Waals surface area contributed by atoms with Gasteiger partial charge in [-0.1, -0.05) is 24.3 Å². The first-order chi connectivity index (χ1) is 15.0. The molecule has 0 unspecified atom stereocenters. The smallest absolute Gasteiger partial charge is 0.399 e. The van der Waals surface area contributed by atoms with Crippen molar-refractivity contribution in [2.24, 2.45) is 0 Å². The highest BCUT2D eigenvalue weighted by atomic mass is 32.2. The van der Waals surface area contributed by atoms with Crippen LogP contribution in [-0.4, -0.2) is 50.6 Å². The molecule has 170 valence electrons. The molecule has 2 aliphatic rings. The van der Waals surface area contributed by atoms with E-state index in [1.807, 2.05) is 32.6 Å². The third-order valence-corrected chi connectivity index (χ3v) is 8.42. The first-order valence-corrected chi connectivity index (χ1v) is 12.7. The molecule has 2 fully saturated rings. The quantitative estimate of drug-likeness (QED) is 0.648. The average Bonchev–Trinajstić information content (AvgIpc) is 3.34. The molecule has 2 aromatic rings. The van der Waals surface area contributed by atoms with Gasteiger partial charge in [-0.05, 0) is 75.8 Å². The summed E-state index contributed by atoms with van der Waals surface area (Å²) < 4.78 is 37.9. The Morgan fingerprint density at radius 3 is 1.97 bits per heavy atom. The SMILES string of the molecule is CC1(C)OB(c2ccc(S(=O)(=O)Cc3ccc(C(=O)N4CCCC4)cc3)cc2)OC1(C)C. The largest absolute Gasteiger partial charge is 0.494 e. The summed E-state index contributed by atoms with van der Waals surface area (Å²) in [5, 5.41) is 0. The zero-order valence-corrected chi connectivity index (χ0v) is 19.9. The van der Waals surface area contributed by atoms with Gasteiger partial charge in [-0.25, -0.2) is 8.42 Å². The zero-order chi connectivity index (χ0) is 23.1. The third-order valence-electron chi connectivity index (χ3n) is 6.72. The molecule has 0 N–H and O–H groups in total. The number of hydrogen-bond acceptors (Lipinski definition) is 5. The molecule has 6 nitrogen and oxygen atoms in total. The van der Waals surface area contributed by atoms with E-state index in [-0.39, 0.29) is 16.6 Å². The Bertz CT molecular complexity index is 1070. The number of nitrogens with zero attached hydrogens (tertiary/aromatic N) is 1. The van der Waals surface area contributed by atoms with Crippen LogP contribution in [0.5, 0.6) is 0 Å². The van der Waals surface area contributed by atoms with Crippen LogP contribution in [0, 0.1) is 0 Å². The van der Waals surface area contributed by atoms with Crippen LogP contribution in [0.2, 0.25) is 0 Å². The van der Waals surface area contributed by atoms with Gasteiger partial charge in [0.05, 0.1) is 21.9 Å². The van der Waals surface area contributed by atoms with E-state index in [2.05, 4.69) is 0 Å². The molecule has 4 rings (SSSR count). The van der Waals surface area contributed by atoms with Gasteiger partial charge < -0.3 is 14.2 Å². The highest BCUT2D eigenvalue weighted by Gasteiger charge is 2.51. The molecule has 0 aliphatic carbocycles. The van der Waals surface area contributed by atoms with Crippen molar-refractivity contribution >= 4 is 28.3 Å². The van der Waals surface area contributed by atoms with Gasteiger partial charge in [-0.2, -0.15) is 0 Å². The second-order valence-electron chi connectivity index (χ2n) is 9.61. The van der Waals surface area contributed by atoms with Gasteiger partial charge in [0, 0.05) is 18.7 Å². The number of amides is 1. The summed E-state index contributed by atoms with van der Waals surface area (Å²) in [7, 11) is -4.06. The minimum atomic E-state index is -3.53. The van der Waals surface area contributed by atoms with Crippen LogP contribution in [0.15, 0.2) is 53.4 Å². The van der Waals surface area contributed by atoms with Crippen molar-refractivity contribution < 1.29 is 22.5 Å². The normalized spacial score (nSPS) is 20.0. The topological polar surface area (TPSA) is 72.9 Å². The third kappa shape index (κ3) is 4.49. The molecule has 0 bridgehead atoms. The molecule has 1 amide bonds. The molecule has 32 heavy (non-hydrogen) atoms. The average molecular weight is 455 g/mol. The van der Waals surface area contributed by atoms with E-state index in [4.69, 9.17) is 9.31 Å². The second kappa shape index (κ2) is 8.32. The lowest BCUT2D eigenvalue weighted by molar-refractivity contribution is 0.00578. The number of hydrogen-bond donors (Lipinski definition) is 0. The Morgan fingerprint density at radius 1 is 0.906 bits per heavy atom. The van der Waals surface area contributed by atoms with E-state index in [1.54, 1.807) is 48.5 Å². The van der Waals surface area contributed by atoms with Gasteiger partial charge in [0.15, 0.2) is 9.84 Å². The predicted molar refractivity (Wildman–Crippen MR) is 125 cm³/mol. The molecule has 0 atom stereocenters. The minimum absolute atomic E-state index is 0.00945. The molecule has 2 aliphatic heterocycles. The van der Waals surface area contributed by atoms with Gasteiger partial charge >= 0.3 is 7.12 Å². The molecule has 0 aromatic heterocycles. The summed E-state index contributed by atoms with van der Waals surface area (Å²) in [4.78, 5) is 14.6. The van der Waals surface area contributed by atoms with Crippen LogP contribution >= 0.6 is 0 Å². The summed E-state index contributed by atoms with van der Waals surface area (Å²) in [5.74, 6) is -0.115.